The molecule has 0 bridgehead atoms. The number of hydrogen-bond acceptors (Lipinski definition) is 3. The molecule has 32 heavy (non-hydrogen) atoms. The van der Waals surface area contributed by atoms with Crippen molar-refractivity contribution in [2.75, 3.05) is 7.11 Å². The van der Waals surface area contributed by atoms with E-state index in [-0.39, 0.29) is 23.0 Å². The van der Waals surface area contributed by atoms with Crippen molar-refractivity contribution in [2.45, 2.75) is 5.85 Å². The molecule has 160 valence electrons. The van der Waals surface area contributed by atoms with Gasteiger partial charge < -0.3 is 26.5 Å². The van der Waals surface area contributed by atoms with Gasteiger partial charge in [0.05, 0.1) is 18.2 Å². The minimum Gasteiger partial charge on any atom is -1.00 e. The van der Waals surface area contributed by atoms with Gasteiger partial charge in [-0.05, 0) is 48.5 Å². The number of benzene rings is 4. The highest BCUT2D eigenvalue weighted by Crippen LogP contribution is 2.70. The van der Waals surface area contributed by atoms with Crippen molar-refractivity contribution >= 4 is 29.1 Å². The van der Waals surface area contributed by atoms with E-state index >= 15 is 0 Å². The Bertz CT molecular complexity index is 1120. The molecule has 1 aliphatic heterocycles. The summed E-state index contributed by atoms with van der Waals surface area (Å²) in [4.78, 5) is 13.0. The molecule has 0 fully saturated rings. The molecule has 5 rings (SSSR count). The van der Waals surface area contributed by atoms with Gasteiger partial charge in [0.2, 0.25) is 0 Å². The summed E-state index contributed by atoms with van der Waals surface area (Å²) in [5.41, 5.74) is 1.41. The van der Waals surface area contributed by atoms with Crippen molar-refractivity contribution in [3.63, 3.8) is 0 Å². The molecule has 1 atom stereocenters. The van der Waals surface area contributed by atoms with Crippen molar-refractivity contribution in [2.24, 2.45) is 0 Å². The number of esters is 1. The standard InChI is InChI=1S/C27H22O3P.BrH/c1-29-24-19-11-18-23-25(24)27(30-26(23)28)31(20-12-5-2-6-13-20,21-14-7-3-8-15-21)22-16-9-4-10-17-22;/h2-19,27H,1H3;1H/q+1;/p-1. The summed E-state index contributed by atoms with van der Waals surface area (Å²) in [6.07, 6.45) is 0. The molecule has 1 unspecified atom stereocenters. The Morgan fingerprint density at radius 3 is 1.59 bits per heavy atom. The van der Waals surface area contributed by atoms with Gasteiger partial charge >= 0.3 is 5.97 Å². The Labute approximate surface area is 199 Å². The van der Waals surface area contributed by atoms with E-state index in [9.17, 15) is 4.79 Å². The van der Waals surface area contributed by atoms with E-state index in [1.807, 2.05) is 36.4 Å². The van der Waals surface area contributed by atoms with Crippen LogP contribution in [0.5, 0.6) is 5.75 Å². The van der Waals surface area contributed by atoms with Gasteiger partial charge in [-0.2, -0.15) is 0 Å². The van der Waals surface area contributed by atoms with Crippen molar-refractivity contribution in [3.8, 4) is 5.75 Å². The summed E-state index contributed by atoms with van der Waals surface area (Å²) in [6.45, 7) is 0. The van der Waals surface area contributed by atoms with Gasteiger partial charge in [0.25, 0.3) is 5.85 Å². The molecule has 0 aromatic heterocycles. The zero-order valence-electron chi connectivity index (χ0n) is 17.5. The average Bonchev–Trinajstić information content (AvgIpc) is 3.19. The van der Waals surface area contributed by atoms with Crippen LogP contribution in [0.2, 0.25) is 0 Å². The van der Waals surface area contributed by atoms with E-state index in [0.717, 1.165) is 21.5 Å². The molecule has 1 heterocycles. The number of fused-ring (bicyclic) bond motifs is 1. The summed E-state index contributed by atoms with van der Waals surface area (Å²) in [7, 11) is -0.792. The first kappa shape index (κ1) is 22.3. The van der Waals surface area contributed by atoms with Crippen LogP contribution in [-0.2, 0) is 4.74 Å². The monoisotopic (exact) mass is 504 g/mol. The molecule has 0 amide bonds. The Morgan fingerprint density at radius 1 is 0.688 bits per heavy atom. The maximum atomic E-state index is 13.0. The third kappa shape index (κ3) is 3.44. The van der Waals surface area contributed by atoms with E-state index in [4.69, 9.17) is 9.47 Å². The SMILES string of the molecule is COc1cccc2c1C([P+](c1ccccc1)(c1ccccc1)c1ccccc1)OC2=O.[Br-]. The van der Waals surface area contributed by atoms with Crippen LogP contribution in [0.25, 0.3) is 0 Å². The Hall–Kier alpha value is -2.94. The zero-order valence-corrected chi connectivity index (χ0v) is 20.0. The van der Waals surface area contributed by atoms with Gasteiger partial charge in [-0.25, -0.2) is 4.79 Å². The molecule has 4 aromatic rings. The predicted molar refractivity (Wildman–Crippen MR) is 126 cm³/mol. The highest BCUT2D eigenvalue weighted by atomic mass is 79.9. The van der Waals surface area contributed by atoms with Crippen LogP contribution >= 0.6 is 7.26 Å². The molecule has 0 saturated heterocycles. The molecule has 3 nitrogen and oxygen atoms in total. The van der Waals surface area contributed by atoms with Crippen LogP contribution in [0.4, 0.5) is 0 Å². The summed E-state index contributed by atoms with van der Waals surface area (Å²) in [5, 5.41) is 3.47. The normalized spacial score (nSPS) is 14.8. The molecule has 0 radical (unpaired) electrons. The van der Waals surface area contributed by atoms with Gasteiger partial charge in [0.15, 0.2) is 7.26 Å². The molecule has 0 saturated carbocycles. The van der Waals surface area contributed by atoms with Gasteiger partial charge in [-0.1, -0.05) is 60.7 Å². The second-order valence-electron chi connectivity index (χ2n) is 7.41. The lowest BCUT2D eigenvalue weighted by Gasteiger charge is -2.32. The number of halogens is 1. The van der Waals surface area contributed by atoms with Gasteiger partial charge in [-0.3, -0.25) is 0 Å². The van der Waals surface area contributed by atoms with Crippen LogP contribution in [0.1, 0.15) is 21.8 Å². The van der Waals surface area contributed by atoms with Crippen LogP contribution < -0.4 is 37.6 Å². The van der Waals surface area contributed by atoms with Crippen molar-refractivity contribution in [3.05, 3.63) is 120 Å². The average molecular weight is 505 g/mol. The second kappa shape index (κ2) is 9.28. The highest BCUT2D eigenvalue weighted by molar-refractivity contribution is 7.95. The number of hydrogen-bond donors (Lipinski definition) is 0. The number of carbonyl (C=O) groups is 1. The van der Waals surface area contributed by atoms with Gasteiger partial charge in [0.1, 0.15) is 21.7 Å². The zero-order chi connectivity index (χ0) is 21.3. The maximum Gasteiger partial charge on any atom is 0.342 e. The first-order valence-corrected chi connectivity index (χ1v) is 12.1. The van der Waals surface area contributed by atoms with Gasteiger partial charge in [-0.15, -0.1) is 0 Å². The Morgan fingerprint density at radius 2 is 1.16 bits per heavy atom. The van der Waals surface area contributed by atoms with E-state index in [1.165, 1.54) is 0 Å². The Kier molecular flexibility index (Phi) is 6.45. The fraction of sp³-hybridized carbons (Fsp3) is 0.0741. The first-order chi connectivity index (χ1) is 15.3. The number of ether oxygens (including phenoxy) is 2. The number of carbonyl (C=O) groups excluding carboxylic acids is 1. The molecule has 0 spiro atoms. The third-order valence-corrected chi connectivity index (χ3v) is 10.2. The van der Waals surface area contributed by atoms with Crippen LogP contribution in [0, 0.1) is 0 Å². The summed E-state index contributed by atoms with van der Waals surface area (Å²) in [6, 6.07) is 36.8. The fourth-order valence-corrected chi connectivity index (χ4v) is 9.04. The highest BCUT2D eigenvalue weighted by Gasteiger charge is 2.59. The van der Waals surface area contributed by atoms with Crippen LogP contribution in [0.15, 0.2) is 109 Å². The lowest BCUT2D eigenvalue weighted by atomic mass is 10.1. The number of cyclic esters (lactones) is 1. The fourth-order valence-electron chi connectivity index (χ4n) is 4.49. The smallest absolute Gasteiger partial charge is 0.342 e. The van der Waals surface area contributed by atoms with Crippen LogP contribution in [0.3, 0.4) is 0 Å². The van der Waals surface area contributed by atoms with Crippen molar-refractivity contribution < 1.29 is 31.2 Å². The number of rotatable bonds is 5. The Balaban J connectivity index is 0.00000245. The largest absolute Gasteiger partial charge is 1.00 e. The molecule has 5 heteroatoms. The van der Waals surface area contributed by atoms with E-state index in [0.29, 0.717) is 11.3 Å². The third-order valence-electron chi connectivity index (χ3n) is 5.81. The minimum atomic E-state index is -2.43. The molecule has 1 aliphatic rings. The quantitative estimate of drug-likeness (QED) is 0.307. The molecular formula is C27H22BrO3P. The summed E-state index contributed by atoms with van der Waals surface area (Å²) in [5.74, 6) is -0.0927. The maximum absolute atomic E-state index is 13.0. The minimum absolute atomic E-state index is 0. The van der Waals surface area contributed by atoms with Crippen molar-refractivity contribution in [1.29, 1.82) is 0 Å². The lowest BCUT2D eigenvalue weighted by molar-refractivity contribution is -0.0000240. The van der Waals surface area contributed by atoms with Crippen LogP contribution in [-0.4, -0.2) is 13.1 Å². The van der Waals surface area contributed by atoms with E-state index < -0.39 is 13.1 Å². The topological polar surface area (TPSA) is 35.5 Å². The molecule has 0 N–H and O–H groups in total. The van der Waals surface area contributed by atoms with Crippen molar-refractivity contribution in [1.82, 2.24) is 0 Å². The van der Waals surface area contributed by atoms with Gasteiger partial charge in [0, 0.05) is 0 Å². The van der Waals surface area contributed by atoms with E-state index in [1.54, 1.807) is 7.11 Å². The lowest BCUT2D eigenvalue weighted by Crippen LogP contribution is -3.00. The predicted octanol–water partition coefficient (Wildman–Crippen LogP) is 1.86. The summed E-state index contributed by atoms with van der Waals surface area (Å²) >= 11 is 0. The first-order valence-electron chi connectivity index (χ1n) is 10.2. The van der Waals surface area contributed by atoms with E-state index in [2.05, 4.69) is 72.8 Å². The second-order valence-corrected chi connectivity index (χ2v) is 10.9. The molecular weight excluding hydrogens is 483 g/mol. The molecule has 0 aliphatic carbocycles. The summed E-state index contributed by atoms with van der Waals surface area (Å²) < 4.78 is 12.0. The molecule has 4 aromatic carbocycles. The number of methoxy groups -OCH3 is 1.